The number of aromatic carboxylic acids is 1. The molecule has 4 heterocycles. The van der Waals surface area contributed by atoms with Gasteiger partial charge in [-0.15, -0.1) is 0 Å². The first-order chi connectivity index (χ1) is 27.3. The Bertz CT molecular complexity index is 2220. The lowest BCUT2D eigenvalue weighted by Crippen LogP contribution is -2.52. The van der Waals surface area contributed by atoms with E-state index >= 15 is 0 Å². The molecule has 1 aliphatic carbocycles. The second-order valence-electron chi connectivity index (χ2n) is 14.5. The molecular formula is C40H39Cl2F2N3O9S. The van der Waals surface area contributed by atoms with E-state index in [1.807, 2.05) is 0 Å². The standard InChI is InChI=1S/C40H39Cl2F2N3O9S/c41-30-19-47(51)20-31(42)29(30)18-28(26-11-12-32(56-40(43)44)33(17-26)54-22-23-9-10-23)36-27(38(48)49)7-4-8-35(36)57(52,53)45-37(25-5-2-1-3-6-25)39(50)55-34-21-46-15-13-24(34)14-16-46/h1-8,11-12,17,19-20,23-24,28,34,37,40,45H,9-10,13-16,18,21-22H2,(H,48,49)/t28-,34-,37?/m0/s1. The van der Waals surface area contributed by atoms with Gasteiger partial charge in [-0.1, -0.05) is 65.7 Å². The van der Waals surface area contributed by atoms with Gasteiger partial charge < -0.3 is 24.5 Å². The fraction of sp³-hybridized carbons (Fsp3) is 0.375. The van der Waals surface area contributed by atoms with Gasteiger partial charge in [0.05, 0.1) is 17.1 Å². The molecule has 302 valence electrons. The normalized spacial score (nSPS) is 20.2. The van der Waals surface area contributed by atoms with E-state index in [1.54, 1.807) is 30.3 Å². The Kier molecular flexibility index (Phi) is 12.2. The largest absolute Gasteiger partial charge is 0.619 e. The first kappa shape index (κ1) is 40.6. The molecule has 1 unspecified atom stereocenters. The molecule has 3 aromatic carbocycles. The minimum Gasteiger partial charge on any atom is -0.619 e. The van der Waals surface area contributed by atoms with Crippen molar-refractivity contribution in [1.29, 1.82) is 0 Å². The molecule has 17 heteroatoms. The number of piperidine rings is 3. The molecule has 57 heavy (non-hydrogen) atoms. The number of sulfonamides is 1. The number of alkyl halides is 2. The van der Waals surface area contributed by atoms with Crippen molar-refractivity contribution in [3.05, 3.63) is 122 Å². The lowest BCUT2D eigenvalue weighted by atomic mass is 9.83. The fourth-order valence-corrected chi connectivity index (χ4v) is 9.63. The third kappa shape index (κ3) is 9.44. The molecule has 0 amide bonds. The smallest absolute Gasteiger partial charge is 0.387 e. The molecule has 1 saturated carbocycles. The molecule has 3 saturated heterocycles. The summed E-state index contributed by atoms with van der Waals surface area (Å²) in [6.45, 7) is -0.685. The number of ether oxygens (including phenoxy) is 3. The van der Waals surface area contributed by atoms with Crippen LogP contribution in [0.25, 0.3) is 0 Å². The maximum Gasteiger partial charge on any atom is 0.387 e. The van der Waals surface area contributed by atoms with Crippen LogP contribution in [-0.2, 0) is 26.0 Å². The van der Waals surface area contributed by atoms with Crippen molar-refractivity contribution < 1.29 is 50.8 Å². The van der Waals surface area contributed by atoms with E-state index < -0.39 is 57.1 Å². The van der Waals surface area contributed by atoms with Crippen LogP contribution >= 0.6 is 23.2 Å². The molecule has 4 aromatic rings. The van der Waals surface area contributed by atoms with Crippen LogP contribution < -0.4 is 18.9 Å². The van der Waals surface area contributed by atoms with Crippen LogP contribution in [0, 0.1) is 17.0 Å². The van der Waals surface area contributed by atoms with Crippen molar-refractivity contribution in [3.63, 3.8) is 0 Å². The van der Waals surface area contributed by atoms with Gasteiger partial charge in [0.2, 0.25) is 10.0 Å². The second-order valence-corrected chi connectivity index (χ2v) is 17.0. The molecule has 4 aliphatic rings. The minimum atomic E-state index is -4.81. The number of aromatic nitrogens is 1. The third-order valence-corrected chi connectivity index (χ3v) is 12.8. The Morgan fingerprint density at radius 1 is 0.947 bits per heavy atom. The molecule has 12 nitrogen and oxygen atoms in total. The number of esters is 1. The molecule has 3 aliphatic heterocycles. The van der Waals surface area contributed by atoms with Gasteiger partial charge in [-0.2, -0.15) is 18.2 Å². The number of carboxylic acid groups (broad SMARTS) is 1. The highest BCUT2D eigenvalue weighted by atomic mass is 35.5. The number of carboxylic acids is 1. The number of carbonyl (C=O) groups excluding carboxylic acids is 1. The predicted octanol–water partition coefficient (Wildman–Crippen LogP) is 6.75. The van der Waals surface area contributed by atoms with E-state index in [0.717, 1.165) is 51.2 Å². The van der Waals surface area contributed by atoms with E-state index in [0.29, 0.717) is 16.8 Å². The number of nitrogens with zero attached hydrogens (tertiary/aromatic N) is 2. The Morgan fingerprint density at radius 2 is 1.65 bits per heavy atom. The van der Waals surface area contributed by atoms with Crippen molar-refractivity contribution in [3.8, 4) is 11.5 Å². The number of nitrogens with one attached hydrogen (secondary N) is 1. The summed E-state index contributed by atoms with van der Waals surface area (Å²) in [5, 5.41) is 22.6. The van der Waals surface area contributed by atoms with Gasteiger partial charge in [0.25, 0.3) is 0 Å². The minimum absolute atomic E-state index is 0.0812. The summed E-state index contributed by atoms with van der Waals surface area (Å²) >= 11 is 13.1. The van der Waals surface area contributed by atoms with Gasteiger partial charge >= 0.3 is 18.6 Å². The van der Waals surface area contributed by atoms with Crippen molar-refractivity contribution in [1.82, 2.24) is 9.62 Å². The SMILES string of the molecule is O=C(O)c1cccc(S(=O)(=O)NC(C(=O)O[C@H]2CN3CCC2CC3)c2ccccc2)c1[C@@H](Cc1c(Cl)c[n+]([O-])cc1Cl)c1ccc(OC(F)F)c(OCC2CC2)c1. The zero-order chi connectivity index (χ0) is 40.4. The van der Waals surface area contributed by atoms with Crippen LogP contribution in [0.1, 0.15) is 70.3 Å². The van der Waals surface area contributed by atoms with Gasteiger partial charge in [0, 0.05) is 18.0 Å². The topological polar surface area (TPSA) is 158 Å². The van der Waals surface area contributed by atoms with E-state index in [1.165, 1.54) is 36.4 Å². The molecule has 8 rings (SSSR count). The van der Waals surface area contributed by atoms with E-state index in [9.17, 15) is 37.1 Å². The number of benzene rings is 3. The second kappa shape index (κ2) is 17.1. The maximum absolute atomic E-state index is 14.8. The van der Waals surface area contributed by atoms with Crippen LogP contribution in [-0.4, -0.2) is 69.3 Å². The zero-order valence-electron chi connectivity index (χ0n) is 30.4. The molecule has 2 N–H and O–H groups in total. The third-order valence-electron chi connectivity index (χ3n) is 10.7. The Hall–Kier alpha value is -4.54. The van der Waals surface area contributed by atoms with Gasteiger partial charge in [0.1, 0.15) is 22.2 Å². The summed E-state index contributed by atoms with van der Waals surface area (Å²) in [6.07, 6.45) is 4.83. The summed E-state index contributed by atoms with van der Waals surface area (Å²) < 4.78 is 76.2. The van der Waals surface area contributed by atoms with E-state index in [2.05, 4.69) is 9.62 Å². The molecular weight excluding hydrogens is 807 g/mol. The maximum atomic E-state index is 14.8. The molecule has 0 spiro atoms. The van der Waals surface area contributed by atoms with E-state index in [-0.39, 0.29) is 63.1 Å². The number of hydrogen-bond donors (Lipinski definition) is 2. The molecule has 3 atom stereocenters. The monoisotopic (exact) mass is 845 g/mol. The number of carbonyl (C=O) groups is 2. The quantitative estimate of drug-likeness (QED) is 0.0703. The Morgan fingerprint density at radius 3 is 2.26 bits per heavy atom. The summed E-state index contributed by atoms with van der Waals surface area (Å²) in [5.74, 6) is -3.58. The van der Waals surface area contributed by atoms with E-state index in [4.69, 9.17) is 37.4 Å². The predicted molar refractivity (Wildman–Crippen MR) is 204 cm³/mol. The molecule has 1 aromatic heterocycles. The average Bonchev–Trinajstić information content (AvgIpc) is 4.01. The number of halogens is 4. The summed E-state index contributed by atoms with van der Waals surface area (Å²) in [5.41, 5.74) is 0.0188. The average molecular weight is 847 g/mol. The number of pyridine rings is 1. The van der Waals surface area contributed by atoms with Crippen LogP contribution in [0.3, 0.4) is 0 Å². The van der Waals surface area contributed by atoms with Gasteiger partial charge in [-0.25, -0.2) is 18.0 Å². The summed E-state index contributed by atoms with van der Waals surface area (Å²) in [4.78, 5) is 28.7. The molecule has 2 bridgehead atoms. The van der Waals surface area contributed by atoms with Gasteiger partial charge in [-0.05, 0) is 98.0 Å². The van der Waals surface area contributed by atoms with Gasteiger partial charge in [0.15, 0.2) is 23.9 Å². The highest BCUT2D eigenvalue weighted by Gasteiger charge is 2.40. The fourth-order valence-electron chi connectivity index (χ4n) is 7.56. The summed E-state index contributed by atoms with van der Waals surface area (Å²) in [6, 6.07) is 14.3. The highest BCUT2D eigenvalue weighted by Crippen LogP contribution is 2.42. The highest BCUT2D eigenvalue weighted by molar-refractivity contribution is 7.89. The Labute approximate surface area is 337 Å². The van der Waals surface area contributed by atoms with Crippen molar-refractivity contribution in [2.45, 2.75) is 61.7 Å². The first-order valence-corrected chi connectivity index (χ1v) is 20.7. The molecule has 4 fully saturated rings. The lowest BCUT2D eigenvalue weighted by molar-refractivity contribution is -0.605. The van der Waals surface area contributed by atoms with Crippen molar-refractivity contribution in [2.75, 3.05) is 26.2 Å². The van der Waals surface area contributed by atoms with Crippen LogP contribution in [0.2, 0.25) is 10.0 Å². The zero-order valence-corrected chi connectivity index (χ0v) is 32.7. The van der Waals surface area contributed by atoms with Gasteiger partial charge in [-0.3, -0.25) is 4.90 Å². The number of fused-ring (bicyclic) bond motifs is 3. The Balaban J connectivity index is 1.35. The number of rotatable bonds is 16. The molecule has 0 radical (unpaired) electrons. The first-order valence-electron chi connectivity index (χ1n) is 18.4. The lowest BCUT2D eigenvalue weighted by Gasteiger charge is -2.44. The van der Waals surface area contributed by atoms with Crippen LogP contribution in [0.15, 0.2) is 84.0 Å². The number of hydrogen-bond acceptors (Lipinski definition) is 9. The van der Waals surface area contributed by atoms with Crippen molar-refractivity contribution >= 4 is 45.2 Å². The van der Waals surface area contributed by atoms with Crippen LogP contribution in [0.5, 0.6) is 11.5 Å². The summed E-state index contributed by atoms with van der Waals surface area (Å²) in [7, 11) is -4.81. The van der Waals surface area contributed by atoms with Crippen molar-refractivity contribution in [2.24, 2.45) is 11.8 Å². The van der Waals surface area contributed by atoms with Crippen LogP contribution in [0.4, 0.5) is 8.78 Å².